The smallest absolute Gasteiger partial charge is 0.201 e. The van der Waals surface area contributed by atoms with Crippen molar-refractivity contribution in [3.8, 4) is 0 Å². The van der Waals surface area contributed by atoms with Crippen LogP contribution in [-0.2, 0) is 5.41 Å². The highest BCUT2D eigenvalue weighted by Crippen LogP contribution is 2.32. The zero-order valence-electron chi connectivity index (χ0n) is 17.3. The van der Waals surface area contributed by atoms with Gasteiger partial charge in [0.25, 0.3) is 0 Å². The van der Waals surface area contributed by atoms with Crippen molar-refractivity contribution in [2.75, 3.05) is 0 Å². The van der Waals surface area contributed by atoms with E-state index >= 15 is 0 Å². The number of rotatable bonds is 7. The molecule has 0 bridgehead atoms. The molecular formula is C24H29BFN2. The van der Waals surface area contributed by atoms with Crippen molar-refractivity contribution < 1.29 is 4.39 Å². The molecule has 1 atom stereocenters. The number of nitrogens with one attached hydrogen (secondary N) is 1. The van der Waals surface area contributed by atoms with Crippen molar-refractivity contribution in [3.63, 3.8) is 0 Å². The van der Waals surface area contributed by atoms with E-state index in [-0.39, 0.29) is 17.2 Å². The van der Waals surface area contributed by atoms with Crippen LogP contribution in [0.25, 0.3) is 0 Å². The monoisotopic (exact) mass is 375 g/mol. The fourth-order valence-electron chi connectivity index (χ4n) is 3.59. The molecule has 0 fully saturated rings. The van der Waals surface area contributed by atoms with Gasteiger partial charge in [-0.15, -0.1) is 0 Å². The zero-order valence-corrected chi connectivity index (χ0v) is 17.3. The number of aromatic amines is 1. The summed E-state index contributed by atoms with van der Waals surface area (Å²) in [5.74, 6) is 0.0278. The van der Waals surface area contributed by atoms with Crippen molar-refractivity contribution in [2.45, 2.75) is 58.2 Å². The molecule has 1 N–H and O–H groups in total. The minimum absolute atomic E-state index is 0.0758. The Bertz CT molecular complexity index is 911. The number of hydrogen-bond acceptors (Lipinski definition) is 1. The van der Waals surface area contributed by atoms with E-state index in [1.54, 1.807) is 12.1 Å². The van der Waals surface area contributed by atoms with Gasteiger partial charge in [0, 0.05) is 23.2 Å². The number of aromatic nitrogens is 2. The Labute approximate surface area is 168 Å². The molecule has 0 amide bonds. The first-order chi connectivity index (χ1) is 13.3. The quantitative estimate of drug-likeness (QED) is 0.428. The average Bonchev–Trinajstić information content (AvgIpc) is 3.12. The molecule has 2 nitrogen and oxygen atoms in total. The average molecular weight is 375 g/mol. The molecule has 28 heavy (non-hydrogen) atoms. The van der Waals surface area contributed by atoms with E-state index in [2.05, 4.69) is 69.2 Å². The number of aryl methyl sites for hydroxylation is 1. The van der Waals surface area contributed by atoms with Crippen LogP contribution in [0.2, 0.25) is 6.32 Å². The number of nitrogens with zero attached hydrogens (tertiary/aromatic N) is 1. The maximum Gasteiger partial charge on any atom is 0.201 e. The summed E-state index contributed by atoms with van der Waals surface area (Å²) in [6.07, 6.45) is 4.85. The Morgan fingerprint density at radius 3 is 2.57 bits per heavy atom. The number of benzene rings is 2. The highest BCUT2D eigenvalue weighted by atomic mass is 19.1. The van der Waals surface area contributed by atoms with Crippen LogP contribution in [0.1, 0.15) is 61.9 Å². The SMILES string of the molecule is Cc1ccccc1C(CCC[B]c1ncc(C(C)(C)C)[nH]1)c1cccc(F)c1. The Morgan fingerprint density at radius 2 is 1.89 bits per heavy atom. The van der Waals surface area contributed by atoms with Gasteiger partial charge in [-0.2, -0.15) is 0 Å². The van der Waals surface area contributed by atoms with Crippen LogP contribution in [0.15, 0.2) is 54.7 Å². The predicted octanol–water partition coefficient (Wildman–Crippen LogP) is 5.51. The molecule has 4 heteroatoms. The summed E-state index contributed by atoms with van der Waals surface area (Å²) in [6.45, 7) is 8.66. The summed E-state index contributed by atoms with van der Waals surface area (Å²) in [5, 5.41) is 0. The molecule has 145 valence electrons. The summed E-state index contributed by atoms with van der Waals surface area (Å²) < 4.78 is 13.8. The Hall–Kier alpha value is -2.36. The third kappa shape index (κ3) is 5.12. The molecule has 3 aromatic rings. The lowest BCUT2D eigenvalue weighted by molar-refractivity contribution is 0.573. The number of hydrogen-bond donors (Lipinski definition) is 1. The first kappa shape index (κ1) is 20.4. The maximum atomic E-state index is 13.8. The van der Waals surface area contributed by atoms with Gasteiger partial charge in [0.15, 0.2) is 0 Å². The van der Waals surface area contributed by atoms with Gasteiger partial charge >= 0.3 is 0 Å². The third-order valence-electron chi connectivity index (χ3n) is 5.25. The van der Waals surface area contributed by atoms with Crippen LogP contribution in [0.4, 0.5) is 4.39 Å². The molecule has 1 radical (unpaired) electrons. The summed E-state index contributed by atoms with van der Waals surface area (Å²) in [4.78, 5) is 7.89. The van der Waals surface area contributed by atoms with Crippen molar-refractivity contribution in [1.82, 2.24) is 9.97 Å². The van der Waals surface area contributed by atoms with Gasteiger partial charge in [0.1, 0.15) is 5.82 Å². The van der Waals surface area contributed by atoms with E-state index in [9.17, 15) is 4.39 Å². The topological polar surface area (TPSA) is 28.7 Å². The summed E-state index contributed by atoms with van der Waals surface area (Å²) in [7, 11) is 2.16. The van der Waals surface area contributed by atoms with Crippen LogP contribution in [0.5, 0.6) is 0 Å². The number of halogens is 1. The molecule has 1 aromatic heterocycles. The number of imidazole rings is 1. The van der Waals surface area contributed by atoms with E-state index in [0.717, 1.165) is 36.1 Å². The first-order valence-corrected chi connectivity index (χ1v) is 10.0. The van der Waals surface area contributed by atoms with Gasteiger partial charge < -0.3 is 4.98 Å². The molecule has 3 rings (SSSR count). The van der Waals surface area contributed by atoms with Crippen molar-refractivity contribution >= 4 is 13.0 Å². The van der Waals surface area contributed by atoms with Crippen LogP contribution in [0.3, 0.4) is 0 Å². The standard InChI is InChI=1S/C24H29BFN2/c1-17-9-5-6-12-20(17)21(18-10-7-11-19(26)15-18)13-8-14-25-23-27-16-22(28-23)24(2,3)4/h5-7,9-12,15-16,21H,8,13-14H2,1-4H3,(H,27,28). The minimum atomic E-state index is -0.173. The molecule has 0 spiro atoms. The van der Waals surface area contributed by atoms with Crippen LogP contribution in [0, 0.1) is 12.7 Å². The fraction of sp³-hybridized carbons (Fsp3) is 0.375. The molecular weight excluding hydrogens is 346 g/mol. The van der Waals surface area contributed by atoms with E-state index in [1.807, 2.05) is 12.3 Å². The molecule has 0 aliphatic heterocycles. The lowest BCUT2D eigenvalue weighted by atomic mass is 9.71. The molecule has 0 saturated carbocycles. The molecule has 2 aromatic carbocycles. The second-order valence-corrected chi connectivity index (χ2v) is 8.53. The highest BCUT2D eigenvalue weighted by molar-refractivity contribution is 6.51. The lowest BCUT2D eigenvalue weighted by Gasteiger charge is -2.20. The van der Waals surface area contributed by atoms with E-state index < -0.39 is 0 Å². The Kier molecular flexibility index (Phi) is 6.38. The van der Waals surface area contributed by atoms with Crippen LogP contribution >= 0.6 is 0 Å². The second-order valence-electron chi connectivity index (χ2n) is 8.53. The highest BCUT2D eigenvalue weighted by Gasteiger charge is 2.18. The van der Waals surface area contributed by atoms with Gasteiger partial charge in [-0.1, -0.05) is 69.9 Å². The minimum Gasteiger partial charge on any atom is -0.354 e. The number of H-pyrrole nitrogens is 1. The van der Waals surface area contributed by atoms with Crippen molar-refractivity contribution in [2.24, 2.45) is 0 Å². The third-order valence-corrected chi connectivity index (χ3v) is 5.25. The van der Waals surface area contributed by atoms with Crippen molar-refractivity contribution in [3.05, 3.63) is 82.9 Å². The zero-order chi connectivity index (χ0) is 20.1. The first-order valence-electron chi connectivity index (χ1n) is 10.0. The lowest BCUT2D eigenvalue weighted by Crippen LogP contribution is -2.20. The summed E-state index contributed by atoms with van der Waals surface area (Å²) >= 11 is 0. The molecule has 0 aliphatic rings. The summed E-state index contributed by atoms with van der Waals surface area (Å²) in [6, 6.07) is 15.4. The van der Waals surface area contributed by atoms with Gasteiger partial charge in [0.2, 0.25) is 7.28 Å². The Balaban J connectivity index is 1.67. The largest absolute Gasteiger partial charge is 0.354 e. The van der Waals surface area contributed by atoms with Gasteiger partial charge in [-0.05, 0) is 42.2 Å². The predicted molar refractivity (Wildman–Crippen MR) is 116 cm³/mol. The molecule has 1 heterocycles. The Morgan fingerprint density at radius 1 is 1.11 bits per heavy atom. The van der Waals surface area contributed by atoms with E-state index in [1.165, 1.54) is 17.2 Å². The molecule has 1 unspecified atom stereocenters. The van der Waals surface area contributed by atoms with Crippen LogP contribution in [-0.4, -0.2) is 17.2 Å². The van der Waals surface area contributed by atoms with E-state index in [4.69, 9.17) is 0 Å². The maximum absolute atomic E-state index is 13.8. The van der Waals surface area contributed by atoms with Crippen LogP contribution < -0.4 is 5.72 Å². The van der Waals surface area contributed by atoms with Gasteiger partial charge in [-0.3, -0.25) is 4.98 Å². The van der Waals surface area contributed by atoms with Gasteiger partial charge in [0.05, 0.1) is 5.72 Å². The second kappa shape index (κ2) is 8.77. The summed E-state index contributed by atoms with van der Waals surface area (Å²) in [5.41, 5.74) is 5.73. The van der Waals surface area contributed by atoms with Gasteiger partial charge in [-0.25, -0.2) is 4.39 Å². The van der Waals surface area contributed by atoms with Crippen molar-refractivity contribution in [1.29, 1.82) is 0 Å². The fourth-order valence-corrected chi connectivity index (χ4v) is 3.59. The van der Waals surface area contributed by atoms with E-state index in [0.29, 0.717) is 0 Å². The molecule has 0 aliphatic carbocycles. The normalized spacial score (nSPS) is 12.8. The molecule has 0 saturated heterocycles.